The molecule has 5 atom stereocenters. The van der Waals surface area contributed by atoms with Crippen molar-refractivity contribution in [1.29, 1.82) is 0 Å². The lowest BCUT2D eigenvalue weighted by molar-refractivity contribution is -0.260. The highest BCUT2D eigenvalue weighted by Gasteiger charge is 2.48. The van der Waals surface area contributed by atoms with E-state index in [4.69, 9.17) is 24.7 Å². The number of aliphatic hydroxyl groups is 1. The van der Waals surface area contributed by atoms with Crippen LogP contribution in [0.3, 0.4) is 0 Å². The van der Waals surface area contributed by atoms with Crippen LogP contribution in [0.1, 0.15) is 20.8 Å². The second-order valence-electron chi connectivity index (χ2n) is 4.59. The van der Waals surface area contributed by atoms with E-state index in [1.807, 2.05) is 0 Å². The quantitative estimate of drug-likeness (QED) is 0.468. The number of carbonyl (C=O) groups is 3. The Kier molecular flexibility index (Phi) is 6.06. The molecule has 1 unspecified atom stereocenters. The minimum Gasteiger partial charge on any atom is -0.463 e. The first-order chi connectivity index (χ1) is 9.72. The fourth-order valence-electron chi connectivity index (χ4n) is 1.95. The maximum atomic E-state index is 11.2. The van der Waals surface area contributed by atoms with E-state index < -0.39 is 48.6 Å². The Labute approximate surface area is 121 Å². The number of ether oxygens (including phenoxy) is 4. The van der Waals surface area contributed by atoms with Crippen LogP contribution in [0.15, 0.2) is 0 Å². The molecule has 0 bridgehead atoms. The first-order valence-corrected chi connectivity index (χ1v) is 6.29. The van der Waals surface area contributed by atoms with Gasteiger partial charge in [-0.15, -0.1) is 0 Å². The summed E-state index contributed by atoms with van der Waals surface area (Å²) in [6, 6.07) is -1.10. The molecule has 0 aromatic rings. The van der Waals surface area contributed by atoms with E-state index in [1.54, 1.807) is 0 Å². The Hall–Kier alpha value is -1.71. The van der Waals surface area contributed by atoms with Crippen molar-refractivity contribution in [3.63, 3.8) is 0 Å². The van der Waals surface area contributed by atoms with Crippen molar-refractivity contribution in [2.75, 3.05) is 6.61 Å². The fourth-order valence-corrected chi connectivity index (χ4v) is 1.95. The number of carbonyl (C=O) groups excluding carboxylic acids is 3. The molecule has 21 heavy (non-hydrogen) atoms. The molecule has 0 aromatic carbocycles. The summed E-state index contributed by atoms with van der Waals surface area (Å²) in [5.41, 5.74) is 5.70. The third-order valence-corrected chi connectivity index (χ3v) is 2.77. The SMILES string of the molecule is CC(=O)OCC1O[C@@H](O)[C@@H](N)[C@@H](OC(C)=O)[C@@H]1OC(C)=O. The van der Waals surface area contributed by atoms with Crippen LogP contribution < -0.4 is 5.73 Å². The molecular weight excluding hydrogens is 286 g/mol. The first-order valence-electron chi connectivity index (χ1n) is 6.29. The molecule has 0 amide bonds. The van der Waals surface area contributed by atoms with Gasteiger partial charge in [-0.3, -0.25) is 14.4 Å². The molecule has 0 aliphatic carbocycles. The van der Waals surface area contributed by atoms with Gasteiger partial charge in [0.25, 0.3) is 0 Å². The average Bonchev–Trinajstić information content (AvgIpc) is 2.35. The van der Waals surface area contributed by atoms with E-state index in [9.17, 15) is 19.5 Å². The van der Waals surface area contributed by atoms with Gasteiger partial charge in [0.1, 0.15) is 12.7 Å². The van der Waals surface area contributed by atoms with Crippen LogP contribution >= 0.6 is 0 Å². The number of aliphatic hydroxyl groups excluding tert-OH is 1. The summed E-state index contributed by atoms with van der Waals surface area (Å²) in [5, 5.41) is 9.73. The zero-order valence-corrected chi connectivity index (χ0v) is 12.0. The largest absolute Gasteiger partial charge is 0.463 e. The molecular formula is C12H19NO8. The molecule has 9 heteroatoms. The van der Waals surface area contributed by atoms with Crippen LogP contribution in [0.2, 0.25) is 0 Å². The van der Waals surface area contributed by atoms with Crippen LogP contribution in [0.25, 0.3) is 0 Å². The van der Waals surface area contributed by atoms with Gasteiger partial charge in [0.15, 0.2) is 18.5 Å². The van der Waals surface area contributed by atoms with Gasteiger partial charge >= 0.3 is 17.9 Å². The molecule has 1 aliphatic rings. The highest BCUT2D eigenvalue weighted by atomic mass is 16.7. The summed E-state index contributed by atoms with van der Waals surface area (Å²) in [4.78, 5) is 33.2. The second-order valence-corrected chi connectivity index (χ2v) is 4.59. The molecule has 1 fully saturated rings. The molecule has 0 radical (unpaired) electrons. The molecule has 1 saturated heterocycles. The highest BCUT2D eigenvalue weighted by Crippen LogP contribution is 2.24. The molecule has 0 saturated carbocycles. The van der Waals surface area contributed by atoms with E-state index in [0.29, 0.717) is 0 Å². The van der Waals surface area contributed by atoms with Gasteiger partial charge in [-0.05, 0) is 0 Å². The Morgan fingerprint density at radius 3 is 2.05 bits per heavy atom. The Morgan fingerprint density at radius 2 is 1.57 bits per heavy atom. The van der Waals surface area contributed by atoms with Crippen molar-refractivity contribution in [3.8, 4) is 0 Å². The van der Waals surface area contributed by atoms with Crippen LogP contribution in [-0.2, 0) is 33.3 Å². The summed E-state index contributed by atoms with van der Waals surface area (Å²) in [6.45, 7) is 3.22. The van der Waals surface area contributed by atoms with Gasteiger partial charge in [0.05, 0.1) is 6.04 Å². The second kappa shape index (κ2) is 7.34. The van der Waals surface area contributed by atoms with Gasteiger partial charge in [0, 0.05) is 20.8 Å². The normalized spacial score (nSPS) is 32.1. The molecule has 9 nitrogen and oxygen atoms in total. The Balaban J connectivity index is 2.94. The minimum atomic E-state index is -1.46. The van der Waals surface area contributed by atoms with Crippen molar-refractivity contribution in [1.82, 2.24) is 0 Å². The summed E-state index contributed by atoms with van der Waals surface area (Å²) >= 11 is 0. The van der Waals surface area contributed by atoms with E-state index in [-0.39, 0.29) is 6.61 Å². The van der Waals surface area contributed by atoms with Crippen LogP contribution in [0.5, 0.6) is 0 Å². The monoisotopic (exact) mass is 305 g/mol. The van der Waals surface area contributed by atoms with E-state index in [0.717, 1.165) is 13.8 Å². The van der Waals surface area contributed by atoms with Crippen LogP contribution in [0.4, 0.5) is 0 Å². The number of nitrogens with two attached hydrogens (primary N) is 1. The number of rotatable bonds is 4. The summed E-state index contributed by atoms with van der Waals surface area (Å²) < 4.78 is 20.0. The lowest BCUT2D eigenvalue weighted by Gasteiger charge is -2.41. The Bertz CT molecular complexity index is 412. The molecule has 1 rings (SSSR count). The van der Waals surface area contributed by atoms with E-state index in [1.165, 1.54) is 6.92 Å². The standard InChI is InChI=1S/C12H19NO8/c1-5(14)18-4-8-10(19-6(2)15)11(20-7(3)16)9(13)12(17)21-8/h8-12,17H,4,13H2,1-3H3/t8?,9-,10+,11+,12+/m0/s1. The average molecular weight is 305 g/mol. The van der Waals surface area contributed by atoms with Gasteiger partial charge < -0.3 is 29.8 Å². The molecule has 1 heterocycles. The lowest BCUT2D eigenvalue weighted by atomic mass is 9.97. The topological polar surface area (TPSA) is 134 Å². The smallest absolute Gasteiger partial charge is 0.303 e. The summed E-state index contributed by atoms with van der Waals surface area (Å²) in [5.74, 6) is -1.89. The predicted molar refractivity (Wildman–Crippen MR) is 66.6 cm³/mol. The molecule has 0 spiro atoms. The minimum absolute atomic E-state index is 0.283. The van der Waals surface area contributed by atoms with Crippen molar-refractivity contribution in [2.24, 2.45) is 5.73 Å². The van der Waals surface area contributed by atoms with Crippen LogP contribution in [0, 0.1) is 0 Å². The first kappa shape index (κ1) is 17.3. The summed E-state index contributed by atoms with van der Waals surface area (Å²) in [7, 11) is 0. The lowest BCUT2D eigenvalue weighted by Crippen LogP contribution is -2.64. The van der Waals surface area contributed by atoms with Gasteiger partial charge in [-0.25, -0.2) is 0 Å². The molecule has 0 aromatic heterocycles. The highest BCUT2D eigenvalue weighted by molar-refractivity contribution is 5.67. The molecule has 120 valence electrons. The number of hydrogen-bond acceptors (Lipinski definition) is 9. The van der Waals surface area contributed by atoms with Crippen molar-refractivity contribution < 1.29 is 38.4 Å². The predicted octanol–water partition coefficient (Wildman–Crippen LogP) is -1.54. The third kappa shape index (κ3) is 4.96. The Morgan fingerprint density at radius 1 is 1.05 bits per heavy atom. The van der Waals surface area contributed by atoms with E-state index in [2.05, 4.69) is 0 Å². The van der Waals surface area contributed by atoms with E-state index >= 15 is 0 Å². The van der Waals surface area contributed by atoms with Crippen LogP contribution in [-0.4, -0.2) is 60.3 Å². The zero-order chi connectivity index (χ0) is 16.2. The van der Waals surface area contributed by atoms with Gasteiger partial charge in [0.2, 0.25) is 0 Å². The maximum Gasteiger partial charge on any atom is 0.303 e. The molecule has 3 N–H and O–H groups in total. The van der Waals surface area contributed by atoms with Gasteiger partial charge in [-0.1, -0.05) is 0 Å². The third-order valence-electron chi connectivity index (χ3n) is 2.77. The van der Waals surface area contributed by atoms with Gasteiger partial charge in [-0.2, -0.15) is 0 Å². The van der Waals surface area contributed by atoms with Crippen molar-refractivity contribution in [3.05, 3.63) is 0 Å². The van der Waals surface area contributed by atoms with Crippen molar-refractivity contribution in [2.45, 2.75) is 51.4 Å². The zero-order valence-electron chi connectivity index (χ0n) is 12.0. The maximum absolute atomic E-state index is 11.2. The number of hydrogen-bond donors (Lipinski definition) is 2. The summed E-state index contributed by atoms with van der Waals surface area (Å²) in [6.07, 6.45) is -4.67. The fraction of sp³-hybridized carbons (Fsp3) is 0.750. The van der Waals surface area contributed by atoms with Crippen molar-refractivity contribution >= 4 is 17.9 Å². The number of esters is 3. The molecule has 1 aliphatic heterocycles.